The van der Waals surface area contributed by atoms with Gasteiger partial charge < -0.3 is 14.4 Å². The summed E-state index contributed by atoms with van der Waals surface area (Å²) in [5.74, 6) is 0. The predicted molar refractivity (Wildman–Crippen MR) is 528 cm³/mol. The van der Waals surface area contributed by atoms with E-state index in [0.29, 0.717) is 5.56 Å². The van der Waals surface area contributed by atoms with Gasteiger partial charge in [0.1, 0.15) is 0 Å². The fourth-order valence-corrected chi connectivity index (χ4v) is 18.3. The van der Waals surface area contributed by atoms with Crippen LogP contribution in [0.3, 0.4) is 0 Å². The molecule has 2 aliphatic rings. The molecule has 0 amide bonds. The number of hydrogen-bond acceptors (Lipinski definition) is 2. The number of benzene rings is 12. The molecule has 0 fully saturated rings. The summed E-state index contributed by atoms with van der Waals surface area (Å²) < 4.78 is 50.3. The molecule has 15 rings (SSSR count). The molecule has 12 aromatic carbocycles. The molecule has 120 heavy (non-hydrogen) atoms. The number of aromatic nitrogens is 1. The smallest absolute Gasteiger partial charge is 0.252 e. The third kappa shape index (κ3) is 15.6. The molecule has 4 heteroatoms. The van der Waals surface area contributed by atoms with Crippen LogP contribution in [-0.4, -0.2) is 11.3 Å². The van der Waals surface area contributed by atoms with E-state index in [1.165, 1.54) is 72.0 Å². The van der Waals surface area contributed by atoms with Crippen LogP contribution >= 0.6 is 0 Å². The zero-order valence-electron chi connectivity index (χ0n) is 83.9. The lowest BCUT2D eigenvalue weighted by Gasteiger charge is -2.47. The predicted octanol–water partition coefficient (Wildman–Crippen LogP) is 31.5. The summed E-state index contributed by atoms with van der Waals surface area (Å²) in [6.07, 6.45) is 0. The normalized spacial score (nSPS) is 14.6. The van der Waals surface area contributed by atoms with Crippen molar-refractivity contribution in [3.8, 4) is 61.3 Å². The molecule has 1 aromatic heterocycles. The van der Waals surface area contributed by atoms with Crippen molar-refractivity contribution >= 4 is 79.0 Å². The Morgan fingerprint density at radius 1 is 0.250 bits per heavy atom. The van der Waals surface area contributed by atoms with Gasteiger partial charge in [0.2, 0.25) is 0 Å². The van der Waals surface area contributed by atoms with Crippen LogP contribution in [-0.2, 0) is 59.6 Å². The van der Waals surface area contributed by atoms with Gasteiger partial charge in [-0.3, -0.25) is 0 Å². The summed E-state index contributed by atoms with van der Waals surface area (Å²) in [5, 5.41) is 2.42. The molecule has 0 saturated carbocycles. The molecule has 3 heterocycles. The Kier molecular flexibility index (Phi) is 18.9. The van der Waals surface area contributed by atoms with Gasteiger partial charge in [-0.25, -0.2) is 0 Å². The highest BCUT2D eigenvalue weighted by molar-refractivity contribution is 7.00. The molecule has 618 valence electrons. The molecular formula is C116H136BN3. The lowest BCUT2D eigenvalue weighted by Crippen LogP contribution is -2.61. The lowest BCUT2D eigenvalue weighted by molar-refractivity contribution is 0.568. The average molecular weight is 1590 g/mol. The van der Waals surface area contributed by atoms with Gasteiger partial charge in [-0.1, -0.05) is 374 Å². The van der Waals surface area contributed by atoms with Gasteiger partial charge in [0, 0.05) is 61.5 Å². The Labute approximate surface area is 730 Å². The zero-order valence-corrected chi connectivity index (χ0v) is 78.9. The minimum absolute atomic E-state index is 0.121. The monoisotopic (exact) mass is 1590 g/mol. The highest BCUT2D eigenvalue weighted by atomic mass is 15.2. The average Bonchev–Trinajstić information content (AvgIpc) is 1.13. The largest absolute Gasteiger partial charge is 0.310 e. The number of nitrogens with zero attached hydrogens (tertiary/aromatic N) is 3. The van der Waals surface area contributed by atoms with E-state index in [0.717, 1.165) is 112 Å². The number of anilines is 6. The maximum Gasteiger partial charge on any atom is 0.252 e. The molecular weight excluding hydrogens is 1450 g/mol. The molecule has 3 nitrogen and oxygen atoms in total. The van der Waals surface area contributed by atoms with E-state index < -0.39 is 18.2 Å². The van der Waals surface area contributed by atoms with Gasteiger partial charge in [0.15, 0.2) is 0 Å². The molecule has 0 spiro atoms. The first-order valence-electron chi connectivity index (χ1n) is 46.7. The second-order valence-corrected chi connectivity index (χ2v) is 46.6. The van der Waals surface area contributed by atoms with E-state index in [1.807, 2.05) is 0 Å². The Morgan fingerprint density at radius 3 is 0.992 bits per heavy atom. The SMILES string of the molecule is [2H]c1c([2H])c([2H])c(-c2ccc3c(c2)N(c2c(-c4ccc(C(C)(C)C)cc4)cc(C(C)(C)C)cc2-c2c(C(C)(C)C)cccc2C(C)(C)C)c2cc(C(C)(C)C)cc4c2B3c2ccc(-n3c5ccc(C(C)(C)C)cc5c5cc(C(C)(C)C)ccc53)cc2N4c2c(-c3ccc(C(C)(C)C)cc3)cc(C(C)(C)C)cc2-c2cc(C(C)(C)C)cc(C(C)(C)C)c2)c([2H])c1[2H]. The fourth-order valence-electron chi connectivity index (χ4n) is 18.3. The first kappa shape index (κ1) is 78.6. The van der Waals surface area contributed by atoms with Crippen LogP contribution in [0.1, 0.15) is 297 Å². The maximum absolute atomic E-state index is 9.94. The topological polar surface area (TPSA) is 11.4 Å². The molecule has 0 radical (unpaired) electrons. The second-order valence-electron chi connectivity index (χ2n) is 46.6. The summed E-state index contributed by atoms with van der Waals surface area (Å²) >= 11 is 0. The van der Waals surface area contributed by atoms with E-state index in [9.17, 15) is 5.48 Å². The molecule has 0 atom stereocenters. The van der Waals surface area contributed by atoms with E-state index in [2.05, 4.69) is 437 Å². The summed E-state index contributed by atoms with van der Waals surface area (Å²) in [5.41, 5.74) is 32.7. The summed E-state index contributed by atoms with van der Waals surface area (Å²) in [7, 11) is 0. The Hall–Kier alpha value is -9.90. The van der Waals surface area contributed by atoms with Gasteiger partial charge in [-0.15, -0.1) is 0 Å². The van der Waals surface area contributed by atoms with Crippen LogP contribution in [0, 0.1) is 0 Å². The van der Waals surface area contributed by atoms with Crippen LogP contribution in [0.25, 0.3) is 83.1 Å². The van der Waals surface area contributed by atoms with Gasteiger partial charge in [0.05, 0.1) is 29.3 Å². The number of fused-ring (bicyclic) bond motifs is 7. The Balaban J connectivity index is 1.23. The van der Waals surface area contributed by atoms with Gasteiger partial charge in [-0.2, -0.15) is 0 Å². The molecule has 0 unspecified atom stereocenters. The van der Waals surface area contributed by atoms with Crippen molar-refractivity contribution in [3.63, 3.8) is 0 Å². The van der Waals surface area contributed by atoms with Crippen molar-refractivity contribution in [2.75, 3.05) is 9.80 Å². The molecule has 0 bridgehead atoms. The first-order chi connectivity index (χ1) is 57.5. The van der Waals surface area contributed by atoms with Crippen molar-refractivity contribution < 1.29 is 6.85 Å². The maximum atomic E-state index is 9.94. The van der Waals surface area contributed by atoms with Crippen molar-refractivity contribution in [2.45, 2.75) is 288 Å². The van der Waals surface area contributed by atoms with Crippen molar-refractivity contribution in [1.82, 2.24) is 4.57 Å². The fraction of sp³-hybridized carbons (Fsp3) is 0.379. The highest BCUT2D eigenvalue weighted by Crippen LogP contribution is 2.58. The minimum atomic E-state index is -0.493. The van der Waals surface area contributed by atoms with Crippen LogP contribution < -0.4 is 26.2 Å². The molecule has 0 aliphatic carbocycles. The zero-order chi connectivity index (χ0) is 91.5. The van der Waals surface area contributed by atoms with E-state index in [-0.39, 0.29) is 83.9 Å². The molecule has 0 N–H and O–H groups in total. The number of hydrogen-bond donors (Lipinski definition) is 0. The van der Waals surface area contributed by atoms with Crippen molar-refractivity contribution in [2.24, 2.45) is 0 Å². The highest BCUT2D eigenvalue weighted by Gasteiger charge is 2.48. The van der Waals surface area contributed by atoms with Crippen LogP contribution in [0.2, 0.25) is 0 Å². The number of rotatable bonds is 8. The van der Waals surface area contributed by atoms with E-state index in [4.69, 9.17) is 1.37 Å². The summed E-state index contributed by atoms with van der Waals surface area (Å²) in [6.45, 7) is 76.8. The van der Waals surface area contributed by atoms with E-state index >= 15 is 0 Å². The van der Waals surface area contributed by atoms with Gasteiger partial charge >= 0.3 is 0 Å². The first-order valence-corrected chi connectivity index (χ1v) is 44.2. The Morgan fingerprint density at radius 2 is 0.592 bits per heavy atom. The molecule has 13 aromatic rings. The standard InChI is InChI=1S/C116H136BN3/c1-106(2,3)76-47-42-72(43-48-76)86-64-82(112(19,20)21)66-88(75-58-80(110(13,14)15)61-81(59-75)111(16,17)18)104(86)120-99-70-85(118-96-56-51-78(108(7,8)9)62-89(96)90-63-79(109(10,11)12)52-57-97(90)118)53-55-95(99)117-94-54-46-74(71-38-35-34-36-39-71)60-98(94)119(100-68-84(114(25,26)27)69-101(120)103(100)117)105-87(73-44-49-77(50-45-73)107(4,5)6)65-83(113(22,23)24)67-91(105)102-92(115(28,29)30)40-37-41-93(102)116(31,32)33/h34-70H,1-33H3/i34D,35D,36D,38D,39D. The summed E-state index contributed by atoms with van der Waals surface area (Å²) in [4.78, 5) is 5.36. The van der Waals surface area contributed by atoms with Crippen molar-refractivity contribution in [3.05, 3.63) is 286 Å². The van der Waals surface area contributed by atoms with Crippen LogP contribution in [0.4, 0.5) is 34.1 Å². The molecule has 2 aliphatic heterocycles. The van der Waals surface area contributed by atoms with Crippen LogP contribution in [0.5, 0.6) is 0 Å². The molecule has 0 saturated heterocycles. The second kappa shape index (κ2) is 28.9. The lowest BCUT2D eigenvalue weighted by atomic mass is 9.33. The van der Waals surface area contributed by atoms with Crippen LogP contribution in [0.15, 0.2) is 224 Å². The minimum Gasteiger partial charge on any atom is -0.310 e. The van der Waals surface area contributed by atoms with Gasteiger partial charge in [0.25, 0.3) is 6.71 Å². The third-order valence-electron chi connectivity index (χ3n) is 25.9. The van der Waals surface area contributed by atoms with Crippen molar-refractivity contribution in [1.29, 1.82) is 0 Å². The summed E-state index contributed by atoms with van der Waals surface area (Å²) in [6, 6.07) is 75.1. The quantitative estimate of drug-likeness (QED) is 0.141. The third-order valence-corrected chi connectivity index (χ3v) is 25.9. The Bertz CT molecular complexity index is 6360. The van der Waals surface area contributed by atoms with E-state index in [1.54, 1.807) is 0 Å². The van der Waals surface area contributed by atoms with Gasteiger partial charge in [-0.05, 0) is 249 Å².